The van der Waals surface area contributed by atoms with E-state index in [1.807, 2.05) is 0 Å². The quantitative estimate of drug-likeness (QED) is 0.477. The molecule has 1 aromatic heterocycles. The summed E-state index contributed by atoms with van der Waals surface area (Å²) in [5.74, 6) is 0.686. The first kappa shape index (κ1) is 27.8. The molecule has 220 valence electrons. The summed E-state index contributed by atoms with van der Waals surface area (Å²) in [4.78, 5) is 37.5. The molecule has 1 aliphatic heterocycles. The molecule has 0 spiro atoms. The molecule has 10 atom stereocenters. The fourth-order valence-corrected chi connectivity index (χ4v) is 10.5. The first-order valence-corrected chi connectivity index (χ1v) is 15.2. The van der Waals surface area contributed by atoms with E-state index in [1.54, 1.807) is 11.0 Å². The molecule has 3 N–H and O–H groups in total. The zero-order chi connectivity index (χ0) is 28.4. The Labute approximate surface area is 235 Å². The molecule has 1 amide bonds. The summed E-state index contributed by atoms with van der Waals surface area (Å²) in [6, 6.07) is 3.19. The van der Waals surface area contributed by atoms with Gasteiger partial charge in [0.05, 0.1) is 17.9 Å². The Kier molecular flexibility index (Phi) is 6.85. The number of piperazine rings is 1. The number of nitrogens with one attached hydrogen (secondary N) is 1. The fourth-order valence-electron chi connectivity index (χ4n) is 10.5. The van der Waals surface area contributed by atoms with Crippen LogP contribution in [0.5, 0.6) is 0 Å². The third-order valence-corrected chi connectivity index (χ3v) is 12.4. The van der Waals surface area contributed by atoms with Gasteiger partial charge in [-0.1, -0.05) is 13.8 Å². The molecule has 2 heterocycles. The van der Waals surface area contributed by atoms with Crippen LogP contribution in [0.2, 0.25) is 0 Å². The third kappa shape index (κ3) is 4.13. The summed E-state index contributed by atoms with van der Waals surface area (Å²) in [7, 11) is 0. The predicted molar refractivity (Wildman–Crippen MR) is 147 cm³/mol. The second-order valence-electron chi connectivity index (χ2n) is 13.9. The topological polar surface area (TPSA) is 129 Å². The number of hydrogen-bond acceptors (Lipinski definition) is 7. The number of carboxylic acid groups (broad SMARTS) is 1. The SMILES string of the molecule is CC(=O)O[C@H]1C[C@]2(O)[C@@H]3CC[C@@H]4C[C@@H](C5CNCCN5C(=O)O)CC[C@]4(C)[C@H]3CC[C@]2(C)[C@H]1c1ccc(=O)oc1. The van der Waals surface area contributed by atoms with Crippen LogP contribution in [0.3, 0.4) is 0 Å². The second-order valence-corrected chi connectivity index (χ2v) is 13.9. The largest absolute Gasteiger partial charge is 0.465 e. The maximum atomic E-state index is 12.7. The summed E-state index contributed by atoms with van der Waals surface area (Å²) in [5.41, 5.74) is -1.07. The molecular formula is C31H44N2O7. The normalized spacial score (nSPS) is 44.7. The first-order chi connectivity index (χ1) is 19.0. The minimum absolute atomic E-state index is 0.0263. The molecule has 9 nitrogen and oxygen atoms in total. The summed E-state index contributed by atoms with van der Waals surface area (Å²) >= 11 is 0. The van der Waals surface area contributed by atoms with Crippen LogP contribution in [0, 0.1) is 34.5 Å². The monoisotopic (exact) mass is 556 g/mol. The van der Waals surface area contributed by atoms with Gasteiger partial charge in [0.1, 0.15) is 6.10 Å². The van der Waals surface area contributed by atoms with Gasteiger partial charge in [0.25, 0.3) is 0 Å². The van der Waals surface area contributed by atoms with Gasteiger partial charge in [-0.2, -0.15) is 0 Å². The highest BCUT2D eigenvalue weighted by Gasteiger charge is 2.70. The molecule has 0 aromatic carbocycles. The number of ether oxygens (including phenoxy) is 1. The van der Waals surface area contributed by atoms with Crippen molar-refractivity contribution < 1.29 is 29.0 Å². The maximum absolute atomic E-state index is 12.7. The van der Waals surface area contributed by atoms with E-state index in [0.717, 1.165) is 57.1 Å². The van der Waals surface area contributed by atoms with Crippen molar-refractivity contribution in [2.75, 3.05) is 19.6 Å². The smallest absolute Gasteiger partial charge is 0.407 e. The lowest BCUT2D eigenvalue weighted by atomic mass is 9.42. The number of rotatable bonds is 3. The molecule has 5 fully saturated rings. The van der Waals surface area contributed by atoms with Gasteiger partial charge in [0.15, 0.2) is 0 Å². The molecule has 1 unspecified atom stereocenters. The summed E-state index contributed by atoms with van der Waals surface area (Å²) in [6.07, 6.45) is 7.38. The number of fused-ring (bicyclic) bond motifs is 5. The summed E-state index contributed by atoms with van der Waals surface area (Å²) < 4.78 is 11.1. The van der Waals surface area contributed by atoms with E-state index < -0.39 is 28.8 Å². The zero-order valence-corrected chi connectivity index (χ0v) is 23.9. The van der Waals surface area contributed by atoms with E-state index in [-0.39, 0.29) is 29.3 Å². The lowest BCUT2D eigenvalue weighted by Gasteiger charge is -2.64. The van der Waals surface area contributed by atoms with Crippen LogP contribution in [0.1, 0.15) is 83.6 Å². The van der Waals surface area contributed by atoms with Gasteiger partial charge in [0.2, 0.25) is 0 Å². The van der Waals surface area contributed by atoms with E-state index in [9.17, 15) is 24.6 Å². The standard InChI is InChI=1S/C31H44N2O7/c1-18(34)40-25-15-31(38)23-6-5-21-14-19(24-16-32-12-13-33(24)28(36)37)8-10-29(21,2)22(23)9-11-30(31,3)27(25)20-4-7-26(35)39-17-20/h4,7,17,19,21-25,27,32,38H,5-6,8-16H2,1-3H3,(H,36,37)/t19-,21+,22-,23+,24?,25-,27-,29-,30+,31-/m0/s1. The van der Waals surface area contributed by atoms with Crippen LogP contribution in [-0.4, -0.2) is 64.6 Å². The molecule has 4 saturated carbocycles. The van der Waals surface area contributed by atoms with Crippen LogP contribution in [0.4, 0.5) is 4.79 Å². The van der Waals surface area contributed by atoms with Crippen molar-refractivity contribution in [2.45, 2.75) is 95.8 Å². The molecule has 0 radical (unpaired) electrons. The first-order valence-electron chi connectivity index (χ1n) is 15.2. The van der Waals surface area contributed by atoms with Crippen molar-refractivity contribution in [3.63, 3.8) is 0 Å². The highest BCUT2D eigenvalue weighted by molar-refractivity contribution is 5.66. The van der Waals surface area contributed by atoms with E-state index in [4.69, 9.17) is 9.15 Å². The van der Waals surface area contributed by atoms with Gasteiger partial charge in [-0.3, -0.25) is 4.79 Å². The molecule has 4 aliphatic carbocycles. The predicted octanol–water partition coefficient (Wildman–Crippen LogP) is 3.99. The van der Waals surface area contributed by atoms with Gasteiger partial charge in [-0.25, -0.2) is 9.59 Å². The van der Waals surface area contributed by atoms with Crippen LogP contribution in [0.15, 0.2) is 27.6 Å². The van der Waals surface area contributed by atoms with E-state index in [2.05, 4.69) is 19.2 Å². The van der Waals surface area contributed by atoms with Crippen LogP contribution < -0.4 is 10.9 Å². The summed E-state index contributed by atoms with van der Waals surface area (Å²) in [6.45, 7) is 7.96. The molecular weight excluding hydrogens is 512 g/mol. The minimum Gasteiger partial charge on any atom is -0.465 e. The Balaban J connectivity index is 1.28. The Morgan fingerprint density at radius 3 is 2.62 bits per heavy atom. The van der Waals surface area contributed by atoms with Gasteiger partial charge in [-0.15, -0.1) is 0 Å². The Bertz CT molecular complexity index is 1200. The Morgan fingerprint density at radius 1 is 1.12 bits per heavy atom. The highest BCUT2D eigenvalue weighted by Crippen LogP contribution is 2.71. The van der Waals surface area contributed by atoms with E-state index in [1.165, 1.54) is 19.3 Å². The van der Waals surface area contributed by atoms with Crippen LogP contribution in [0.25, 0.3) is 0 Å². The summed E-state index contributed by atoms with van der Waals surface area (Å²) in [5, 5.41) is 26.0. The number of esters is 1. The lowest BCUT2D eigenvalue weighted by Crippen LogP contribution is -2.63. The number of nitrogens with zero attached hydrogens (tertiary/aromatic N) is 1. The number of carbonyl (C=O) groups is 2. The fraction of sp³-hybridized carbons (Fsp3) is 0.774. The second kappa shape index (κ2) is 9.86. The average molecular weight is 557 g/mol. The van der Waals surface area contributed by atoms with Crippen LogP contribution >= 0.6 is 0 Å². The maximum Gasteiger partial charge on any atom is 0.407 e. The average Bonchev–Trinajstić information content (AvgIpc) is 3.14. The van der Waals surface area contributed by atoms with Gasteiger partial charge in [-0.05, 0) is 85.7 Å². The zero-order valence-electron chi connectivity index (χ0n) is 23.9. The van der Waals surface area contributed by atoms with Gasteiger partial charge < -0.3 is 29.6 Å². The van der Waals surface area contributed by atoms with Crippen molar-refractivity contribution >= 4 is 12.1 Å². The number of amides is 1. The third-order valence-electron chi connectivity index (χ3n) is 12.4. The molecule has 40 heavy (non-hydrogen) atoms. The Hall–Kier alpha value is -2.39. The number of carbonyl (C=O) groups excluding carboxylic acids is 1. The number of aliphatic hydroxyl groups is 1. The van der Waals surface area contributed by atoms with Crippen molar-refractivity contribution in [2.24, 2.45) is 34.5 Å². The minimum atomic E-state index is -1.00. The highest BCUT2D eigenvalue weighted by atomic mass is 16.5. The molecule has 0 bridgehead atoms. The van der Waals surface area contributed by atoms with E-state index in [0.29, 0.717) is 37.3 Å². The molecule has 1 aromatic rings. The number of hydrogen-bond donors (Lipinski definition) is 3. The molecule has 1 saturated heterocycles. The van der Waals surface area contributed by atoms with Gasteiger partial charge >= 0.3 is 17.7 Å². The Morgan fingerprint density at radius 2 is 1.93 bits per heavy atom. The van der Waals surface area contributed by atoms with Crippen molar-refractivity contribution in [3.05, 3.63) is 34.4 Å². The van der Waals surface area contributed by atoms with Crippen molar-refractivity contribution in [3.8, 4) is 0 Å². The van der Waals surface area contributed by atoms with Crippen molar-refractivity contribution in [1.29, 1.82) is 0 Å². The molecule has 9 heteroatoms. The van der Waals surface area contributed by atoms with Gasteiger partial charge in [0, 0.05) is 50.4 Å². The molecule has 6 rings (SSSR count). The van der Waals surface area contributed by atoms with Crippen LogP contribution in [-0.2, 0) is 9.53 Å². The van der Waals surface area contributed by atoms with E-state index >= 15 is 0 Å². The molecule has 5 aliphatic rings. The lowest BCUT2D eigenvalue weighted by molar-refractivity contribution is -0.204. The van der Waals surface area contributed by atoms with Crippen molar-refractivity contribution in [1.82, 2.24) is 10.2 Å².